The maximum absolute atomic E-state index is 5.18. The van der Waals surface area contributed by atoms with E-state index in [1.165, 1.54) is 25.7 Å². The molecule has 1 heterocycles. The molecule has 0 N–H and O–H groups in total. The van der Waals surface area contributed by atoms with Gasteiger partial charge in [-0.25, -0.2) is 0 Å². The number of unbranched alkanes of at least 4 members (excludes halogenated alkanes) is 4. The quantitative estimate of drug-likeness (QED) is 0.584. The zero-order valence-electron chi connectivity index (χ0n) is 7.75. The fraction of sp³-hybridized carbons (Fsp3) is 0.545. The van der Waals surface area contributed by atoms with E-state index in [0.717, 1.165) is 12.2 Å². The number of rotatable bonds is 6. The minimum absolute atomic E-state index is 1.01. The standard InChI is InChI=1S/C11H17O/c1-2-3-4-5-6-8-11-9-7-10-12-11/h7-10H,2-6H2,1H3. The lowest BCUT2D eigenvalue weighted by atomic mass is 10.1. The molecule has 1 aromatic heterocycles. The minimum atomic E-state index is 1.01. The van der Waals surface area contributed by atoms with Crippen molar-refractivity contribution in [2.75, 3.05) is 0 Å². The van der Waals surface area contributed by atoms with Crippen molar-refractivity contribution in [3.63, 3.8) is 0 Å². The first-order valence-electron chi connectivity index (χ1n) is 4.80. The molecular weight excluding hydrogens is 148 g/mol. The maximum atomic E-state index is 5.18. The molecule has 1 radical (unpaired) electrons. The Bertz CT molecular complexity index is 177. The van der Waals surface area contributed by atoms with Gasteiger partial charge in [0.15, 0.2) is 0 Å². The summed E-state index contributed by atoms with van der Waals surface area (Å²) in [5.41, 5.74) is 0. The van der Waals surface area contributed by atoms with Crippen LogP contribution in [0.4, 0.5) is 0 Å². The number of hydrogen-bond acceptors (Lipinski definition) is 1. The molecule has 1 aromatic rings. The Balaban J connectivity index is 1.96. The molecule has 12 heavy (non-hydrogen) atoms. The molecule has 67 valence electrons. The van der Waals surface area contributed by atoms with E-state index in [0.29, 0.717) is 0 Å². The molecule has 0 atom stereocenters. The van der Waals surface area contributed by atoms with E-state index >= 15 is 0 Å². The second kappa shape index (κ2) is 5.87. The average molecular weight is 165 g/mol. The van der Waals surface area contributed by atoms with Crippen LogP contribution in [0.2, 0.25) is 0 Å². The van der Waals surface area contributed by atoms with Crippen molar-refractivity contribution in [1.82, 2.24) is 0 Å². The largest absolute Gasteiger partial charge is 0.469 e. The maximum Gasteiger partial charge on any atom is 0.107 e. The molecule has 0 saturated carbocycles. The normalized spacial score (nSPS) is 10.4. The lowest BCUT2D eigenvalue weighted by Gasteiger charge is -1.96. The van der Waals surface area contributed by atoms with Crippen LogP contribution in [0.5, 0.6) is 0 Å². The molecule has 0 unspecified atom stereocenters. The van der Waals surface area contributed by atoms with Gasteiger partial charge in [-0.1, -0.05) is 32.6 Å². The van der Waals surface area contributed by atoms with Crippen LogP contribution in [-0.4, -0.2) is 0 Å². The van der Waals surface area contributed by atoms with E-state index in [9.17, 15) is 0 Å². The zero-order valence-corrected chi connectivity index (χ0v) is 7.75. The molecule has 1 nitrogen and oxygen atoms in total. The summed E-state index contributed by atoms with van der Waals surface area (Å²) in [5, 5.41) is 0. The Hall–Kier alpha value is -0.720. The fourth-order valence-electron chi connectivity index (χ4n) is 1.22. The van der Waals surface area contributed by atoms with Gasteiger partial charge in [0.05, 0.1) is 6.26 Å². The summed E-state index contributed by atoms with van der Waals surface area (Å²) in [6.45, 7) is 2.23. The monoisotopic (exact) mass is 165 g/mol. The van der Waals surface area contributed by atoms with Crippen molar-refractivity contribution in [3.8, 4) is 0 Å². The molecule has 0 aliphatic carbocycles. The van der Waals surface area contributed by atoms with Crippen LogP contribution in [0.15, 0.2) is 22.8 Å². The van der Waals surface area contributed by atoms with Gasteiger partial charge >= 0.3 is 0 Å². The molecule has 0 saturated heterocycles. The van der Waals surface area contributed by atoms with Crippen molar-refractivity contribution in [2.45, 2.75) is 39.0 Å². The van der Waals surface area contributed by atoms with Crippen molar-refractivity contribution in [1.29, 1.82) is 0 Å². The highest BCUT2D eigenvalue weighted by Gasteiger charge is 1.95. The van der Waals surface area contributed by atoms with E-state index in [-0.39, 0.29) is 0 Å². The summed E-state index contributed by atoms with van der Waals surface area (Å²) < 4.78 is 5.18. The molecule has 0 spiro atoms. The zero-order chi connectivity index (χ0) is 8.65. The molecule has 0 aliphatic rings. The highest BCUT2D eigenvalue weighted by Crippen LogP contribution is 2.10. The Morgan fingerprint density at radius 1 is 1.33 bits per heavy atom. The Kier molecular flexibility index (Phi) is 4.58. The average Bonchev–Trinajstić information content (AvgIpc) is 2.57. The smallest absolute Gasteiger partial charge is 0.107 e. The summed E-state index contributed by atoms with van der Waals surface area (Å²) in [6, 6.07) is 3.93. The summed E-state index contributed by atoms with van der Waals surface area (Å²) >= 11 is 0. The van der Waals surface area contributed by atoms with Crippen LogP contribution >= 0.6 is 0 Å². The van der Waals surface area contributed by atoms with E-state index in [1.807, 2.05) is 12.1 Å². The Morgan fingerprint density at radius 2 is 2.25 bits per heavy atom. The lowest BCUT2D eigenvalue weighted by molar-refractivity contribution is 0.530. The predicted molar refractivity (Wildman–Crippen MR) is 50.9 cm³/mol. The second-order valence-corrected chi connectivity index (χ2v) is 3.07. The molecule has 0 fully saturated rings. The van der Waals surface area contributed by atoms with Gasteiger partial charge in [-0.3, -0.25) is 0 Å². The minimum Gasteiger partial charge on any atom is -0.469 e. The third-order valence-electron chi connectivity index (χ3n) is 1.95. The van der Waals surface area contributed by atoms with E-state index in [4.69, 9.17) is 4.42 Å². The first-order chi connectivity index (χ1) is 5.93. The van der Waals surface area contributed by atoms with Crippen LogP contribution in [-0.2, 0) is 0 Å². The molecule has 0 aromatic carbocycles. The lowest BCUT2D eigenvalue weighted by Crippen LogP contribution is -1.79. The SMILES string of the molecule is CCCCCC[CH]c1ccco1. The summed E-state index contributed by atoms with van der Waals surface area (Å²) in [6.07, 6.45) is 10.3. The van der Waals surface area contributed by atoms with Gasteiger partial charge < -0.3 is 4.42 Å². The summed E-state index contributed by atoms with van der Waals surface area (Å²) in [5.74, 6) is 1.01. The van der Waals surface area contributed by atoms with E-state index in [1.54, 1.807) is 6.26 Å². The van der Waals surface area contributed by atoms with E-state index in [2.05, 4.69) is 13.3 Å². The molecule has 0 bridgehead atoms. The van der Waals surface area contributed by atoms with Crippen molar-refractivity contribution in [2.24, 2.45) is 0 Å². The molecular formula is C11H17O. The van der Waals surface area contributed by atoms with Crippen molar-refractivity contribution < 1.29 is 4.42 Å². The van der Waals surface area contributed by atoms with Gasteiger partial charge in [-0.15, -0.1) is 0 Å². The topological polar surface area (TPSA) is 13.1 Å². The molecule has 1 heteroatoms. The van der Waals surface area contributed by atoms with Crippen LogP contribution in [0.1, 0.15) is 44.8 Å². The fourth-order valence-corrected chi connectivity index (χ4v) is 1.22. The predicted octanol–water partition coefficient (Wildman–Crippen LogP) is 3.80. The second-order valence-electron chi connectivity index (χ2n) is 3.07. The van der Waals surface area contributed by atoms with Crippen LogP contribution in [0.3, 0.4) is 0 Å². The Labute approximate surface area is 74.8 Å². The van der Waals surface area contributed by atoms with Crippen LogP contribution in [0.25, 0.3) is 0 Å². The molecule has 0 amide bonds. The van der Waals surface area contributed by atoms with Crippen molar-refractivity contribution >= 4 is 0 Å². The van der Waals surface area contributed by atoms with Crippen LogP contribution < -0.4 is 0 Å². The van der Waals surface area contributed by atoms with Gasteiger partial charge in [-0.05, 0) is 18.6 Å². The van der Waals surface area contributed by atoms with Gasteiger partial charge in [0.25, 0.3) is 0 Å². The summed E-state index contributed by atoms with van der Waals surface area (Å²) in [7, 11) is 0. The Morgan fingerprint density at radius 3 is 2.92 bits per heavy atom. The third kappa shape index (κ3) is 3.61. The molecule has 0 aliphatic heterocycles. The van der Waals surface area contributed by atoms with Gasteiger partial charge in [0.1, 0.15) is 5.76 Å². The number of furan rings is 1. The first kappa shape index (κ1) is 9.37. The first-order valence-corrected chi connectivity index (χ1v) is 4.80. The van der Waals surface area contributed by atoms with Gasteiger partial charge in [-0.2, -0.15) is 0 Å². The third-order valence-corrected chi connectivity index (χ3v) is 1.95. The van der Waals surface area contributed by atoms with Crippen LogP contribution in [0, 0.1) is 6.42 Å². The highest BCUT2D eigenvalue weighted by atomic mass is 16.3. The van der Waals surface area contributed by atoms with Crippen molar-refractivity contribution in [3.05, 3.63) is 30.6 Å². The number of hydrogen-bond donors (Lipinski definition) is 0. The highest BCUT2D eigenvalue weighted by molar-refractivity contribution is 5.08. The molecule has 1 rings (SSSR count). The van der Waals surface area contributed by atoms with Gasteiger partial charge in [0, 0.05) is 6.42 Å². The summed E-state index contributed by atoms with van der Waals surface area (Å²) in [4.78, 5) is 0. The van der Waals surface area contributed by atoms with E-state index < -0.39 is 0 Å². The van der Waals surface area contributed by atoms with Gasteiger partial charge in [0.2, 0.25) is 0 Å².